The first-order valence-corrected chi connectivity index (χ1v) is 7.60. The van der Waals surface area contributed by atoms with E-state index >= 15 is 0 Å². The van der Waals surface area contributed by atoms with Gasteiger partial charge in [0.05, 0.1) is 12.8 Å². The molecule has 0 aliphatic rings. The summed E-state index contributed by atoms with van der Waals surface area (Å²) in [6.07, 6.45) is 0. The Morgan fingerprint density at radius 3 is 2.57 bits per heavy atom. The van der Waals surface area contributed by atoms with E-state index < -0.39 is 15.8 Å². The third kappa shape index (κ3) is 3.56. The molecule has 3 N–H and O–H groups in total. The van der Waals surface area contributed by atoms with Gasteiger partial charge in [-0.25, -0.2) is 12.8 Å². The number of methoxy groups -OCH3 is 1. The Kier molecular flexibility index (Phi) is 4.24. The van der Waals surface area contributed by atoms with E-state index in [9.17, 15) is 12.8 Å². The van der Waals surface area contributed by atoms with E-state index in [1.807, 2.05) is 0 Å². The van der Waals surface area contributed by atoms with Crippen molar-refractivity contribution >= 4 is 33.0 Å². The maximum Gasteiger partial charge on any atom is 0.265 e. The highest BCUT2D eigenvalue weighted by Crippen LogP contribution is 2.28. The number of nitrogen functional groups attached to an aromatic ring is 1. The topological polar surface area (TPSA) is 81.4 Å². The molecule has 0 aliphatic heterocycles. The average molecular weight is 331 g/mol. The highest BCUT2D eigenvalue weighted by molar-refractivity contribution is 7.92. The molecule has 0 radical (unpaired) electrons. The van der Waals surface area contributed by atoms with Gasteiger partial charge in [0.15, 0.2) is 0 Å². The zero-order valence-corrected chi connectivity index (χ0v) is 12.5. The molecule has 0 atom stereocenters. The second-order valence-corrected chi connectivity index (χ2v) is 6.26. The summed E-state index contributed by atoms with van der Waals surface area (Å²) in [6, 6.07) is 7.57. The van der Waals surface area contributed by atoms with Gasteiger partial charge < -0.3 is 10.5 Å². The van der Waals surface area contributed by atoms with Gasteiger partial charge in [-0.2, -0.15) is 0 Å². The Bertz CT molecular complexity index is 761. The van der Waals surface area contributed by atoms with Crippen LogP contribution in [-0.4, -0.2) is 15.5 Å². The first-order valence-electron chi connectivity index (χ1n) is 5.74. The van der Waals surface area contributed by atoms with Crippen molar-refractivity contribution in [2.45, 2.75) is 4.90 Å². The zero-order valence-electron chi connectivity index (χ0n) is 10.9. The van der Waals surface area contributed by atoms with Gasteiger partial charge in [0.1, 0.15) is 16.5 Å². The largest absolute Gasteiger partial charge is 0.495 e. The highest BCUT2D eigenvalue weighted by Gasteiger charge is 2.20. The number of rotatable bonds is 4. The molecule has 0 bridgehead atoms. The molecule has 21 heavy (non-hydrogen) atoms. The van der Waals surface area contributed by atoms with Crippen molar-refractivity contribution in [2.24, 2.45) is 0 Å². The standard InChI is InChI=1S/C13H12ClFN2O3S/c1-20-12-3-2-10(16)7-13(12)21(18,19)17-11-5-8(14)4-9(15)6-11/h2-7,17H,16H2,1H3. The Hall–Kier alpha value is -1.99. The highest BCUT2D eigenvalue weighted by atomic mass is 35.5. The Morgan fingerprint density at radius 1 is 1.24 bits per heavy atom. The predicted molar refractivity (Wildman–Crippen MR) is 79.6 cm³/mol. The molecule has 0 fully saturated rings. The number of benzene rings is 2. The Balaban J connectivity index is 2.45. The first kappa shape index (κ1) is 15.4. The van der Waals surface area contributed by atoms with Gasteiger partial charge in [-0.15, -0.1) is 0 Å². The molecule has 0 unspecified atom stereocenters. The number of nitrogens with two attached hydrogens (primary N) is 1. The summed E-state index contributed by atoms with van der Waals surface area (Å²) in [5.41, 5.74) is 5.85. The van der Waals surface area contributed by atoms with Crippen molar-refractivity contribution in [2.75, 3.05) is 17.6 Å². The lowest BCUT2D eigenvalue weighted by atomic mass is 10.3. The maximum atomic E-state index is 13.3. The van der Waals surface area contributed by atoms with E-state index in [2.05, 4.69) is 4.72 Å². The second kappa shape index (κ2) is 5.79. The van der Waals surface area contributed by atoms with Crippen LogP contribution in [0.5, 0.6) is 5.75 Å². The van der Waals surface area contributed by atoms with E-state index in [1.54, 1.807) is 0 Å². The number of sulfonamides is 1. The van der Waals surface area contributed by atoms with Crippen molar-refractivity contribution in [3.8, 4) is 5.75 Å². The fraction of sp³-hybridized carbons (Fsp3) is 0.0769. The number of nitrogens with one attached hydrogen (secondary N) is 1. The van der Waals surface area contributed by atoms with Gasteiger partial charge in [0.25, 0.3) is 10.0 Å². The van der Waals surface area contributed by atoms with Gasteiger partial charge in [-0.3, -0.25) is 4.72 Å². The lowest BCUT2D eigenvalue weighted by molar-refractivity contribution is 0.403. The summed E-state index contributed by atoms with van der Waals surface area (Å²) in [5, 5.41) is 0.0761. The lowest BCUT2D eigenvalue weighted by Crippen LogP contribution is -2.14. The van der Waals surface area contributed by atoms with Crippen molar-refractivity contribution in [1.82, 2.24) is 0 Å². The molecule has 0 aromatic heterocycles. The molecule has 2 aromatic carbocycles. The molecule has 0 amide bonds. The minimum Gasteiger partial charge on any atom is -0.495 e. The minimum atomic E-state index is -3.99. The maximum absolute atomic E-state index is 13.3. The fourth-order valence-electron chi connectivity index (χ4n) is 1.73. The average Bonchev–Trinajstić information content (AvgIpc) is 2.36. The van der Waals surface area contributed by atoms with Crippen LogP contribution in [0.1, 0.15) is 0 Å². The summed E-state index contributed by atoms with van der Waals surface area (Å²) in [4.78, 5) is -0.148. The van der Waals surface area contributed by atoms with Crippen molar-refractivity contribution in [1.29, 1.82) is 0 Å². The Morgan fingerprint density at radius 2 is 1.95 bits per heavy atom. The third-order valence-electron chi connectivity index (χ3n) is 2.59. The molecular weight excluding hydrogens is 319 g/mol. The number of hydrogen-bond acceptors (Lipinski definition) is 4. The predicted octanol–water partition coefficient (Wildman–Crippen LogP) is 2.87. The fourth-order valence-corrected chi connectivity index (χ4v) is 3.19. The van der Waals surface area contributed by atoms with E-state index in [-0.39, 0.29) is 27.0 Å². The third-order valence-corrected chi connectivity index (χ3v) is 4.21. The number of anilines is 2. The molecule has 2 aromatic rings. The van der Waals surface area contributed by atoms with Gasteiger partial charge in [0, 0.05) is 10.7 Å². The normalized spacial score (nSPS) is 11.2. The van der Waals surface area contributed by atoms with Crippen LogP contribution in [0.3, 0.4) is 0 Å². The molecule has 8 heteroatoms. The van der Waals surface area contributed by atoms with E-state index in [0.29, 0.717) is 0 Å². The van der Waals surface area contributed by atoms with Gasteiger partial charge in [-0.1, -0.05) is 11.6 Å². The van der Waals surface area contributed by atoms with Crippen LogP contribution >= 0.6 is 11.6 Å². The van der Waals surface area contributed by atoms with Crippen molar-refractivity contribution < 1.29 is 17.5 Å². The molecule has 0 heterocycles. The lowest BCUT2D eigenvalue weighted by Gasteiger charge is -2.12. The summed E-state index contributed by atoms with van der Waals surface area (Å²) >= 11 is 5.69. The molecule has 0 aliphatic carbocycles. The Labute approximate surface area is 126 Å². The molecule has 0 saturated heterocycles. The van der Waals surface area contributed by atoms with Gasteiger partial charge >= 0.3 is 0 Å². The van der Waals surface area contributed by atoms with Gasteiger partial charge in [0.2, 0.25) is 0 Å². The number of hydrogen-bond donors (Lipinski definition) is 2. The molecular formula is C13H12ClFN2O3S. The quantitative estimate of drug-likeness (QED) is 0.845. The number of halogens is 2. The van der Waals surface area contributed by atoms with Crippen molar-refractivity contribution in [3.63, 3.8) is 0 Å². The molecule has 0 saturated carbocycles. The minimum absolute atomic E-state index is 0.00415. The van der Waals surface area contributed by atoms with Crippen LogP contribution in [0, 0.1) is 5.82 Å². The monoisotopic (exact) mass is 330 g/mol. The summed E-state index contributed by atoms with van der Waals surface area (Å²) in [5.74, 6) is -0.529. The van der Waals surface area contributed by atoms with Crippen LogP contribution in [0.25, 0.3) is 0 Å². The van der Waals surface area contributed by atoms with Crippen LogP contribution < -0.4 is 15.2 Å². The van der Waals surface area contributed by atoms with Crippen LogP contribution in [0.2, 0.25) is 5.02 Å². The SMILES string of the molecule is COc1ccc(N)cc1S(=O)(=O)Nc1cc(F)cc(Cl)c1. The van der Waals surface area contributed by atoms with Crippen LogP contribution in [0.15, 0.2) is 41.3 Å². The molecule has 112 valence electrons. The van der Waals surface area contributed by atoms with Crippen LogP contribution in [0.4, 0.5) is 15.8 Å². The molecule has 5 nitrogen and oxygen atoms in total. The van der Waals surface area contributed by atoms with E-state index in [0.717, 1.165) is 12.1 Å². The van der Waals surface area contributed by atoms with E-state index in [1.165, 1.54) is 31.4 Å². The van der Waals surface area contributed by atoms with E-state index in [4.69, 9.17) is 22.1 Å². The molecule has 0 spiro atoms. The number of ether oxygens (including phenoxy) is 1. The van der Waals surface area contributed by atoms with Crippen LogP contribution in [-0.2, 0) is 10.0 Å². The zero-order chi connectivity index (χ0) is 15.6. The van der Waals surface area contributed by atoms with Gasteiger partial charge in [-0.05, 0) is 36.4 Å². The summed E-state index contributed by atoms with van der Waals surface area (Å²) in [7, 11) is -2.66. The summed E-state index contributed by atoms with van der Waals surface area (Å²) in [6.45, 7) is 0. The molecule has 2 rings (SSSR count). The first-order chi connectivity index (χ1) is 9.81. The van der Waals surface area contributed by atoms with Crippen molar-refractivity contribution in [3.05, 3.63) is 47.2 Å². The second-order valence-electron chi connectivity index (χ2n) is 4.17. The summed E-state index contributed by atoms with van der Waals surface area (Å²) < 4.78 is 45.2. The smallest absolute Gasteiger partial charge is 0.265 e.